The normalized spacial score (nSPS) is 13.9. The third-order valence-electron chi connectivity index (χ3n) is 7.24. The van der Waals surface area contributed by atoms with Crippen molar-refractivity contribution in [3.8, 4) is 40.3 Å². The molecule has 0 spiro atoms. The number of nitrogens with zero attached hydrogens (tertiary/aromatic N) is 6. The van der Waals surface area contributed by atoms with Crippen molar-refractivity contribution in [2.24, 2.45) is 0 Å². The number of hydrogen-bond acceptors (Lipinski definition) is 7. The Kier molecular flexibility index (Phi) is 5.52. The lowest BCUT2D eigenvalue weighted by atomic mass is 9.84. The van der Waals surface area contributed by atoms with E-state index in [9.17, 15) is 0 Å². The zero-order valence-electron chi connectivity index (χ0n) is 22.5. The van der Waals surface area contributed by atoms with Crippen molar-refractivity contribution < 1.29 is 14.2 Å². The van der Waals surface area contributed by atoms with Gasteiger partial charge in [0.25, 0.3) is 0 Å². The van der Waals surface area contributed by atoms with Crippen LogP contribution in [0.2, 0.25) is 0 Å². The van der Waals surface area contributed by atoms with Crippen LogP contribution in [0.4, 0.5) is 0 Å². The molecule has 1 aliphatic rings. The number of aromatic nitrogens is 6. The molecule has 9 heteroatoms. The van der Waals surface area contributed by atoms with Gasteiger partial charge in [-0.1, -0.05) is 48.0 Å². The summed E-state index contributed by atoms with van der Waals surface area (Å²) < 4.78 is 21.3. The van der Waals surface area contributed by atoms with Crippen LogP contribution in [0.3, 0.4) is 0 Å². The molecule has 3 aromatic heterocycles. The molecule has 6 aromatic rings. The molecule has 1 aliphatic heterocycles. The van der Waals surface area contributed by atoms with Gasteiger partial charge in [-0.2, -0.15) is 5.10 Å². The maximum atomic E-state index is 6.53. The van der Waals surface area contributed by atoms with E-state index in [1.807, 2.05) is 72.3 Å². The number of ether oxygens (including phenoxy) is 3. The first-order chi connectivity index (χ1) is 19.6. The van der Waals surface area contributed by atoms with E-state index < -0.39 is 0 Å². The first-order valence-corrected chi connectivity index (χ1v) is 12.9. The highest BCUT2D eigenvalue weighted by Gasteiger charge is 2.38. The van der Waals surface area contributed by atoms with Gasteiger partial charge in [0.1, 0.15) is 6.33 Å². The quantitative estimate of drug-likeness (QED) is 0.274. The van der Waals surface area contributed by atoms with Crippen molar-refractivity contribution in [1.29, 1.82) is 0 Å². The summed E-state index contributed by atoms with van der Waals surface area (Å²) in [5.74, 6) is 2.67. The number of methoxy groups -OCH3 is 2. The number of aryl methyl sites for hydroxylation is 2. The van der Waals surface area contributed by atoms with Crippen LogP contribution in [0.1, 0.15) is 33.9 Å². The molecule has 1 unspecified atom stereocenters. The Labute approximate surface area is 230 Å². The molecule has 7 rings (SSSR count). The molecule has 0 saturated heterocycles. The molecule has 3 aromatic carbocycles. The van der Waals surface area contributed by atoms with Crippen LogP contribution in [0.15, 0.2) is 79.1 Å². The second-order valence-electron chi connectivity index (χ2n) is 9.74. The lowest BCUT2D eigenvalue weighted by Crippen LogP contribution is -2.16. The van der Waals surface area contributed by atoms with Crippen LogP contribution in [-0.2, 0) is 0 Å². The fourth-order valence-electron chi connectivity index (χ4n) is 5.39. The molecule has 198 valence electrons. The molecule has 0 N–H and O–H groups in total. The second kappa shape index (κ2) is 9.23. The van der Waals surface area contributed by atoms with Gasteiger partial charge in [0.05, 0.1) is 42.6 Å². The van der Waals surface area contributed by atoms with Gasteiger partial charge >= 0.3 is 0 Å². The van der Waals surface area contributed by atoms with Gasteiger partial charge < -0.3 is 14.2 Å². The number of benzene rings is 3. The monoisotopic (exact) mass is 530 g/mol. The fourth-order valence-corrected chi connectivity index (χ4v) is 5.39. The molecular weight excluding hydrogens is 504 g/mol. The van der Waals surface area contributed by atoms with E-state index in [1.54, 1.807) is 25.1 Å². The molecule has 0 radical (unpaired) electrons. The molecule has 0 bridgehead atoms. The predicted molar refractivity (Wildman–Crippen MR) is 150 cm³/mol. The van der Waals surface area contributed by atoms with Crippen LogP contribution < -0.4 is 14.2 Å². The Morgan fingerprint density at radius 3 is 2.42 bits per heavy atom. The standard InChI is InChI=1S/C31H26N6O3/c1-18-9-8-10-21(15-18)28-33-29-27-26(20-13-14-23(38-3)24(16-20)39-4)25-19(2)34-37(22-11-6-5-7-12-22)31(25)40-30(27)32-17-36(29)35-28/h5-17,26H,1-4H3. The van der Waals surface area contributed by atoms with E-state index in [0.29, 0.717) is 34.7 Å². The lowest BCUT2D eigenvalue weighted by molar-refractivity contribution is 0.354. The van der Waals surface area contributed by atoms with Gasteiger partial charge in [-0.15, -0.1) is 5.10 Å². The number of para-hydroxylation sites is 1. The summed E-state index contributed by atoms with van der Waals surface area (Å²) in [5, 5.41) is 9.68. The Hall–Kier alpha value is -5.18. The molecule has 0 amide bonds. The Morgan fingerprint density at radius 2 is 1.65 bits per heavy atom. The minimum Gasteiger partial charge on any atom is -0.493 e. The average molecular weight is 531 g/mol. The van der Waals surface area contributed by atoms with E-state index in [0.717, 1.165) is 39.2 Å². The van der Waals surface area contributed by atoms with Gasteiger partial charge in [0.15, 0.2) is 23.0 Å². The van der Waals surface area contributed by atoms with Gasteiger partial charge in [0.2, 0.25) is 11.8 Å². The minimum atomic E-state index is -0.304. The highest BCUT2D eigenvalue weighted by Crippen LogP contribution is 2.50. The van der Waals surface area contributed by atoms with Crippen LogP contribution >= 0.6 is 0 Å². The zero-order chi connectivity index (χ0) is 27.4. The zero-order valence-corrected chi connectivity index (χ0v) is 22.5. The van der Waals surface area contributed by atoms with Gasteiger partial charge in [0, 0.05) is 5.56 Å². The molecule has 4 heterocycles. The summed E-state index contributed by atoms with van der Waals surface area (Å²) in [5.41, 5.74) is 7.18. The van der Waals surface area contributed by atoms with Crippen LogP contribution in [-0.4, -0.2) is 43.6 Å². The van der Waals surface area contributed by atoms with Crippen molar-refractivity contribution in [3.05, 3.63) is 107 Å². The summed E-state index contributed by atoms with van der Waals surface area (Å²) in [4.78, 5) is 9.71. The third-order valence-corrected chi connectivity index (χ3v) is 7.24. The molecule has 1 atom stereocenters. The maximum absolute atomic E-state index is 6.53. The van der Waals surface area contributed by atoms with Gasteiger partial charge in [-0.05, 0) is 49.7 Å². The summed E-state index contributed by atoms with van der Waals surface area (Å²) >= 11 is 0. The van der Waals surface area contributed by atoms with E-state index in [-0.39, 0.29) is 5.92 Å². The van der Waals surface area contributed by atoms with Crippen LogP contribution in [0.5, 0.6) is 23.3 Å². The molecule has 0 saturated carbocycles. The highest BCUT2D eigenvalue weighted by atomic mass is 16.5. The molecule has 40 heavy (non-hydrogen) atoms. The number of hydrogen-bond donors (Lipinski definition) is 0. The first kappa shape index (κ1) is 23.9. The third kappa shape index (κ3) is 3.70. The smallest absolute Gasteiger partial charge is 0.230 e. The van der Waals surface area contributed by atoms with Gasteiger partial charge in [-0.3, -0.25) is 0 Å². The fraction of sp³-hybridized carbons (Fsp3) is 0.161. The number of rotatable bonds is 5. The van der Waals surface area contributed by atoms with E-state index >= 15 is 0 Å². The van der Waals surface area contributed by atoms with Crippen molar-refractivity contribution in [1.82, 2.24) is 29.4 Å². The van der Waals surface area contributed by atoms with Crippen molar-refractivity contribution in [3.63, 3.8) is 0 Å². The second-order valence-corrected chi connectivity index (χ2v) is 9.74. The molecular formula is C31H26N6O3. The van der Waals surface area contributed by atoms with E-state index in [2.05, 4.69) is 19.1 Å². The average Bonchev–Trinajstić information content (AvgIpc) is 3.57. The minimum absolute atomic E-state index is 0.304. The Morgan fingerprint density at radius 1 is 0.825 bits per heavy atom. The molecule has 0 fully saturated rings. The van der Waals surface area contributed by atoms with Gasteiger partial charge in [-0.25, -0.2) is 19.2 Å². The predicted octanol–water partition coefficient (Wildman–Crippen LogP) is 5.90. The maximum Gasteiger partial charge on any atom is 0.230 e. The van der Waals surface area contributed by atoms with Crippen molar-refractivity contribution in [2.75, 3.05) is 14.2 Å². The number of fused-ring (bicyclic) bond motifs is 4. The van der Waals surface area contributed by atoms with Crippen molar-refractivity contribution >= 4 is 5.65 Å². The summed E-state index contributed by atoms with van der Waals surface area (Å²) in [6, 6.07) is 24.0. The first-order valence-electron chi connectivity index (χ1n) is 12.9. The van der Waals surface area contributed by atoms with Crippen molar-refractivity contribution in [2.45, 2.75) is 19.8 Å². The Balaban J connectivity index is 1.50. The van der Waals surface area contributed by atoms with E-state index in [1.165, 1.54) is 0 Å². The SMILES string of the molecule is COc1ccc(C2c3c(C)nn(-c4ccccc4)c3Oc3ncn4nc(-c5cccc(C)c5)nc4c32)cc1OC. The molecule has 0 aliphatic carbocycles. The Bertz CT molecular complexity index is 1890. The molecule has 9 nitrogen and oxygen atoms in total. The van der Waals surface area contributed by atoms with Crippen LogP contribution in [0, 0.1) is 13.8 Å². The summed E-state index contributed by atoms with van der Waals surface area (Å²) in [6.45, 7) is 4.05. The lowest BCUT2D eigenvalue weighted by Gasteiger charge is -2.26. The largest absolute Gasteiger partial charge is 0.493 e. The van der Waals surface area contributed by atoms with E-state index in [4.69, 9.17) is 34.4 Å². The summed E-state index contributed by atoms with van der Waals surface area (Å²) in [6.07, 6.45) is 1.65. The highest BCUT2D eigenvalue weighted by molar-refractivity contribution is 5.69. The topological polar surface area (TPSA) is 88.6 Å². The summed E-state index contributed by atoms with van der Waals surface area (Å²) in [7, 11) is 3.26. The van der Waals surface area contributed by atoms with Crippen LogP contribution in [0.25, 0.3) is 22.7 Å².